The Kier molecular flexibility index (Phi) is 6.49. The third-order valence-electron chi connectivity index (χ3n) is 4.48. The molecule has 0 unspecified atom stereocenters. The van der Waals surface area contributed by atoms with Gasteiger partial charge in [-0.25, -0.2) is 9.78 Å². The van der Waals surface area contributed by atoms with E-state index in [0.29, 0.717) is 16.6 Å². The minimum atomic E-state index is -0.860. The fraction of sp³-hybridized carbons (Fsp3) is 0.450. The van der Waals surface area contributed by atoms with E-state index in [1.165, 1.54) is 21.9 Å². The van der Waals surface area contributed by atoms with Crippen LogP contribution in [0.1, 0.15) is 26.3 Å². The summed E-state index contributed by atoms with van der Waals surface area (Å²) in [5.41, 5.74) is 0.733. The van der Waals surface area contributed by atoms with Crippen LogP contribution >= 0.6 is 11.8 Å². The first kappa shape index (κ1) is 21.2. The van der Waals surface area contributed by atoms with E-state index in [0.717, 1.165) is 6.42 Å². The van der Waals surface area contributed by atoms with Crippen LogP contribution in [-0.4, -0.2) is 42.2 Å². The van der Waals surface area contributed by atoms with Gasteiger partial charge in [0.15, 0.2) is 16.3 Å². The zero-order valence-electron chi connectivity index (χ0n) is 17.0. The third kappa shape index (κ3) is 4.73. The lowest BCUT2D eigenvalue weighted by Crippen LogP contribution is -2.30. The van der Waals surface area contributed by atoms with Crippen LogP contribution < -0.4 is 16.0 Å². The Balaban J connectivity index is 1.86. The first-order valence-electron chi connectivity index (χ1n) is 9.56. The van der Waals surface area contributed by atoms with Gasteiger partial charge in [-0.15, -0.1) is 0 Å². The summed E-state index contributed by atoms with van der Waals surface area (Å²) in [6, 6.07) is 7.72. The number of hydrogen-bond acceptors (Lipinski definition) is 6. The number of aliphatic hydroxyl groups is 1. The number of aryl methyl sites for hydroxylation is 2. The number of benzene rings is 1. The first-order valence-corrected chi connectivity index (χ1v) is 10.4. The Labute approximate surface area is 172 Å². The Morgan fingerprint density at radius 2 is 1.93 bits per heavy atom. The van der Waals surface area contributed by atoms with Crippen molar-refractivity contribution in [2.45, 2.75) is 50.2 Å². The Morgan fingerprint density at radius 1 is 1.24 bits per heavy atom. The van der Waals surface area contributed by atoms with Gasteiger partial charge in [-0.2, -0.15) is 0 Å². The molecule has 3 aromatic rings. The van der Waals surface area contributed by atoms with Gasteiger partial charge < -0.3 is 14.4 Å². The lowest BCUT2D eigenvalue weighted by Gasteiger charge is -2.16. The van der Waals surface area contributed by atoms with Gasteiger partial charge in [0, 0.05) is 12.3 Å². The summed E-state index contributed by atoms with van der Waals surface area (Å²) < 4.78 is 8.65. The van der Waals surface area contributed by atoms with Gasteiger partial charge >= 0.3 is 5.69 Å². The van der Waals surface area contributed by atoms with E-state index < -0.39 is 17.4 Å². The summed E-state index contributed by atoms with van der Waals surface area (Å²) in [6.45, 7) is 6.30. The summed E-state index contributed by atoms with van der Waals surface area (Å²) in [6.07, 6.45) is 0.0885. The molecule has 0 saturated heterocycles. The van der Waals surface area contributed by atoms with Crippen molar-refractivity contribution in [3.8, 4) is 5.75 Å². The molecule has 2 N–H and O–H groups in total. The number of aromatic nitrogens is 4. The molecule has 29 heavy (non-hydrogen) atoms. The van der Waals surface area contributed by atoms with E-state index in [1.807, 2.05) is 38.1 Å². The van der Waals surface area contributed by atoms with Crippen LogP contribution in [0.25, 0.3) is 11.2 Å². The number of thioether (sulfide) groups is 1. The molecular weight excluding hydrogens is 392 g/mol. The molecule has 0 fully saturated rings. The number of imidazole rings is 1. The summed E-state index contributed by atoms with van der Waals surface area (Å²) in [5.74, 6) is 0.675. The average molecular weight is 419 g/mol. The number of aliphatic hydroxyl groups excluding tert-OH is 1. The van der Waals surface area contributed by atoms with Gasteiger partial charge in [0.05, 0.1) is 6.54 Å². The highest BCUT2D eigenvalue weighted by molar-refractivity contribution is 7.99. The Morgan fingerprint density at radius 3 is 2.55 bits per heavy atom. The van der Waals surface area contributed by atoms with Crippen LogP contribution in [0.15, 0.2) is 39.0 Å². The number of nitrogens with zero attached hydrogens (tertiary/aromatic N) is 3. The summed E-state index contributed by atoms with van der Waals surface area (Å²) in [5, 5.41) is 11.3. The lowest BCUT2D eigenvalue weighted by molar-refractivity contribution is 0.0913. The number of nitrogens with one attached hydrogen (secondary N) is 1. The largest absolute Gasteiger partial charge is 0.491 e. The van der Waals surface area contributed by atoms with Gasteiger partial charge in [0.25, 0.3) is 5.56 Å². The number of H-pyrrole nitrogens is 1. The molecular formula is C20H26N4O4S. The van der Waals surface area contributed by atoms with Crippen LogP contribution in [0.5, 0.6) is 5.75 Å². The summed E-state index contributed by atoms with van der Waals surface area (Å²) in [4.78, 5) is 31.1. The SMILES string of the molecule is CCc1ccc(OC[C@H](O)Cn2c(SC(C)C)nc3c2c(=O)[nH]c(=O)n3C)cc1. The zero-order chi connectivity index (χ0) is 21.1. The number of rotatable bonds is 8. The molecule has 0 aliphatic carbocycles. The zero-order valence-corrected chi connectivity index (χ0v) is 17.8. The number of fused-ring (bicyclic) bond motifs is 1. The van der Waals surface area contributed by atoms with E-state index in [1.54, 1.807) is 11.6 Å². The quantitative estimate of drug-likeness (QED) is 0.542. The molecule has 8 nitrogen and oxygen atoms in total. The maximum absolute atomic E-state index is 12.4. The minimum Gasteiger partial charge on any atom is -0.491 e. The van der Waals surface area contributed by atoms with E-state index >= 15 is 0 Å². The third-order valence-corrected chi connectivity index (χ3v) is 5.47. The monoisotopic (exact) mass is 418 g/mol. The van der Waals surface area contributed by atoms with Crippen LogP contribution in [0, 0.1) is 0 Å². The number of ether oxygens (including phenoxy) is 1. The van der Waals surface area contributed by atoms with Crippen LogP contribution in [0.3, 0.4) is 0 Å². The van der Waals surface area contributed by atoms with Crippen molar-refractivity contribution in [2.24, 2.45) is 7.05 Å². The normalized spacial score (nSPS) is 12.6. The van der Waals surface area contributed by atoms with Crippen LogP contribution in [-0.2, 0) is 20.0 Å². The number of aromatic amines is 1. The molecule has 1 atom stereocenters. The Bertz CT molecular complexity index is 1100. The standard InChI is InChI=1S/C20H26N4O4S/c1-5-13-6-8-15(9-7-13)28-11-14(25)10-24-16-17(21-20(24)29-12(2)3)23(4)19(27)22-18(16)26/h6-9,12,14,25H,5,10-11H2,1-4H3,(H,22,26,27)/t14-/m1/s1. The highest BCUT2D eigenvalue weighted by atomic mass is 32.2. The van der Waals surface area contributed by atoms with Crippen LogP contribution in [0.4, 0.5) is 0 Å². The van der Waals surface area contributed by atoms with E-state index in [2.05, 4.69) is 16.9 Å². The summed E-state index contributed by atoms with van der Waals surface area (Å²) in [7, 11) is 1.56. The maximum Gasteiger partial charge on any atom is 0.329 e. The van der Waals surface area contributed by atoms with Crippen molar-refractivity contribution >= 4 is 22.9 Å². The van der Waals surface area contributed by atoms with E-state index in [-0.39, 0.29) is 23.9 Å². The van der Waals surface area contributed by atoms with Crippen molar-refractivity contribution in [3.63, 3.8) is 0 Å². The molecule has 0 saturated carbocycles. The van der Waals surface area contributed by atoms with Gasteiger partial charge in [0.1, 0.15) is 18.5 Å². The average Bonchev–Trinajstić information content (AvgIpc) is 3.03. The second-order valence-electron chi connectivity index (χ2n) is 7.12. The van der Waals surface area contributed by atoms with Gasteiger partial charge in [-0.05, 0) is 24.1 Å². The van der Waals surface area contributed by atoms with Crippen molar-refractivity contribution in [1.82, 2.24) is 19.1 Å². The van der Waals surface area contributed by atoms with Crippen molar-refractivity contribution < 1.29 is 9.84 Å². The molecule has 0 spiro atoms. The molecule has 3 rings (SSSR count). The van der Waals surface area contributed by atoms with Gasteiger partial charge in [-0.3, -0.25) is 14.3 Å². The highest BCUT2D eigenvalue weighted by Gasteiger charge is 2.20. The molecule has 0 radical (unpaired) electrons. The fourth-order valence-electron chi connectivity index (χ4n) is 2.96. The topological polar surface area (TPSA) is 102 Å². The van der Waals surface area contributed by atoms with Crippen LogP contribution in [0.2, 0.25) is 0 Å². The lowest BCUT2D eigenvalue weighted by atomic mass is 10.2. The van der Waals surface area contributed by atoms with Crippen molar-refractivity contribution in [2.75, 3.05) is 6.61 Å². The molecule has 9 heteroatoms. The van der Waals surface area contributed by atoms with Crippen molar-refractivity contribution in [1.29, 1.82) is 0 Å². The highest BCUT2D eigenvalue weighted by Crippen LogP contribution is 2.25. The van der Waals surface area contributed by atoms with E-state index in [9.17, 15) is 14.7 Å². The Hall–Kier alpha value is -2.52. The molecule has 2 aromatic heterocycles. The molecule has 1 aromatic carbocycles. The molecule has 0 bridgehead atoms. The molecule has 0 aliphatic rings. The van der Waals surface area contributed by atoms with Gasteiger partial charge in [-0.1, -0.05) is 44.7 Å². The molecule has 156 valence electrons. The molecule has 0 amide bonds. The second-order valence-corrected chi connectivity index (χ2v) is 8.67. The smallest absolute Gasteiger partial charge is 0.329 e. The maximum atomic E-state index is 12.4. The summed E-state index contributed by atoms with van der Waals surface area (Å²) >= 11 is 1.47. The fourth-order valence-corrected chi connectivity index (χ4v) is 3.82. The number of hydrogen-bond donors (Lipinski definition) is 2. The predicted molar refractivity (Wildman–Crippen MR) is 114 cm³/mol. The molecule has 2 heterocycles. The molecule has 0 aliphatic heterocycles. The first-order chi connectivity index (χ1) is 13.8. The van der Waals surface area contributed by atoms with Gasteiger partial charge in [0.2, 0.25) is 0 Å². The predicted octanol–water partition coefficient (Wildman–Crippen LogP) is 1.93. The van der Waals surface area contributed by atoms with E-state index in [4.69, 9.17) is 4.74 Å². The van der Waals surface area contributed by atoms with Crippen molar-refractivity contribution in [3.05, 3.63) is 50.7 Å². The second kappa shape index (κ2) is 8.87. The minimum absolute atomic E-state index is 0.0700.